The number of amides is 1. The summed E-state index contributed by atoms with van der Waals surface area (Å²) in [5.74, 6) is 0.802. The Kier molecular flexibility index (Phi) is 8.78. The molecule has 0 aromatic heterocycles. The number of ketones is 1. The highest BCUT2D eigenvalue weighted by Crippen LogP contribution is 2.27. The minimum Gasteiger partial charge on any atom is -0.500 e. The van der Waals surface area contributed by atoms with E-state index in [1.165, 1.54) is 20.3 Å². The lowest BCUT2D eigenvalue weighted by molar-refractivity contribution is -0.112. The Hall–Kier alpha value is -3.09. The molecule has 7 nitrogen and oxygen atoms in total. The molecule has 7 heteroatoms. The summed E-state index contributed by atoms with van der Waals surface area (Å²) in [6, 6.07) is 4.75. The Morgan fingerprint density at radius 3 is 2.37 bits per heavy atom. The molecule has 0 saturated heterocycles. The van der Waals surface area contributed by atoms with Crippen molar-refractivity contribution in [3.05, 3.63) is 47.9 Å². The van der Waals surface area contributed by atoms with E-state index in [-0.39, 0.29) is 18.0 Å². The van der Waals surface area contributed by atoms with Crippen LogP contribution in [0.25, 0.3) is 0 Å². The van der Waals surface area contributed by atoms with Crippen molar-refractivity contribution in [3.63, 3.8) is 0 Å². The molecule has 0 fully saturated rings. The highest BCUT2D eigenvalue weighted by molar-refractivity contribution is 6.45. The number of hydrogen-bond donors (Lipinski definition) is 1. The number of nitrogens with zero attached hydrogens (tertiary/aromatic N) is 1. The third-order valence-corrected chi connectivity index (χ3v) is 3.84. The van der Waals surface area contributed by atoms with Crippen LogP contribution in [0.3, 0.4) is 0 Å². The van der Waals surface area contributed by atoms with Gasteiger partial charge in [0.15, 0.2) is 17.3 Å². The van der Waals surface area contributed by atoms with Crippen molar-refractivity contribution in [1.82, 2.24) is 5.32 Å². The molecular formula is C20H26N2O5. The first-order valence-electron chi connectivity index (χ1n) is 8.40. The lowest BCUT2D eigenvalue weighted by Gasteiger charge is -2.10. The third kappa shape index (κ3) is 5.99. The molecule has 0 radical (unpaired) electrons. The van der Waals surface area contributed by atoms with Crippen LogP contribution in [0.4, 0.5) is 0 Å². The number of allylic oxidation sites excluding steroid dienone is 3. The standard InChI is InChI=1S/C20H26N2O5/c1-7-15(13(3)25-4)22-16(8-2)17(23)12-21-20(24)14-9-10-18(26-5)19(11-14)27-6/h8-11H,2,7,12H2,1,3-6H3,(H,21,24)/b15-13+,22-16?. The highest BCUT2D eigenvalue weighted by atomic mass is 16.5. The van der Waals surface area contributed by atoms with Gasteiger partial charge in [-0.15, -0.1) is 0 Å². The zero-order chi connectivity index (χ0) is 20.4. The van der Waals surface area contributed by atoms with Gasteiger partial charge in [0, 0.05) is 5.56 Å². The minimum absolute atomic E-state index is 0.163. The first-order chi connectivity index (χ1) is 12.9. The molecule has 0 bridgehead atoms. The smallest absolute Gasteiger partial charge is 0.251 e. The van der Waals surface area contributed by atoms with Gasteiger partial charge in [0.2, 0.25) is 0 Å². The van der Waals surface area contributed by atoms with E-state index in [4.69, 9.17) is 14.2 Å². The molecule has 1 rings (SSSR count). The van der Waals surface area contributed by atoms with Crippen molar-refractivity contribution in [2.24, 2.45) is 4.99 Å². The Bertz CT molecular complexity index is 766. The van der Waals surface area contributed by atoms with Crippen molar-refractivity contribution >= 4 is 17.4 Å². The maximum atomic E-state index is 12.4. The number of aliphatic imine (C=N–C) groups is 1. The van der Waals surface area contributed by atoms with E-state index in [1.807, 2.05) is 6.92 Å². The van der Waals surface area contributed by atoms with E-state index < -0.39 is 5.91 Å². The summed E-state index contributed by atoms with van der Waals surface area (Å²) in [5, 5.41) is 2.58. The average molecular weight is 374 g/mol. The number of ether oxygens (including phenoxy) is 3. The quantitative estimate of drug-likeness (QED) is 0.503. The van der Waals surface area contributed by atoms with E-state index in [1.54, 1.807) is 32.2 Å². The van der Waals surface area contributed by atoms with Gasteiger partial charge in [-0.25, -0.2) is 4.99 Å². The lowest BCUT2D eigenvalue weighted by Crippen LogP contribution is -2.32. The van der Waals surface area contributed by atoms with Crippen LogP contribution in [0.2, 0.25) is 0 Å². The number of nitrogens with one attached hydrogen (secondary N) is 1. The molecule has 0 spiro atoms. The van der Waals surface area contributed by atoms with Gasteiger partial charge in [0.25, 0.3) is 5.91 Å². The van der Waals surface area contributed by atoms with Crippen molar-refractivity contribution in [2.45, 2.75) is 20.3 Å². The number of carbonyl (C=O) groups excluding carboxylic acids is 2. The topological polar surface area (TPSA) is 86.2 Å². The fourth-order valence-electron chi connectivity index (χ4n) is 2.22. The van der Waals surface area contributed by atoms with Crippen LogP contribution >= 0.6 is 0 Å². The number of hydrogen-bond acceptors (Lipinski definition) is 6. The fourth-order valence-corrected chi connectivity index (χ4v) is 2.22. The highest BCUT2D eigenvalue weighted by Gasteiger charge is 2.14. The molecule has 0 aliphatic heterocycles. The summed E-state index contributed by atoms with van der Waals surface area (Å²) in [4.78, 5) is 29.0. The van der Waals surface area contributed by atoms with Gasteiger partial charge in [-0.1, -0.05) is 13.5 Å². The van der Waals surface area contributed by atoms with E-state index in [9.17, 15) is 9.59 Å². The molecule has 1 amide bonds. The molecule has 1 aromatic carbocycles. The molecule has 0 unspecified atom stereocenters. The zero-order valence-electron chi connectivity index (χ0n) is 16.4. The van der Waals surface area contributed by atoms with Crippen LogP contribution in [0.15, 0.2) is 47.3 Å². The monoisotopic (exact) mass is 374 g/mol. The molecule has 27 heavy (non-hydrogen) atoms. The molecule has 0 saturated carbocycles. The van der Waals surface area contributed by atoms with Crippen LogP contribution in [0.5, 0.6) is 11.5 Å². The molecule has 0 aliphatic rings. The van der Waals surface area contributed by atoms with Gasteiger partial charge in [0.1, 0.15) is 11.5 Å². The molecule has 0 atom stereocenters. The van der Waals surface area contributed by atoms with Crippen LogP contribution in [0.1, 0.15) is 30.6 Å². The van der Waals surface area contributed by atoms with E-state index in [0.29, 0.717) is 34.9 Å². The molecule has 146 valence electrons. The average Bonchev–Trinajstić information content (AvgIpc) is 2.71. The third-order valence-electron chi connectivity index (χ3n) is 3.84. The van der Waals surface area contributed by atoms with Crippen molar-refractivity contribution < 1.29 is 23.8 Å². The van der Waals surface area contributed by atoms with E-state index in [2.05, 4.69) is 16.9 Å². The Balaban J connectivity index is 2.88. The Labute approximate surface area is 159 Å². The Morgan fingerprint density at radius 1 is 1.19 bits per heavy atom. The number of rotatable bonds is 10. The zero-order valence-corrected chi connectivity index (χ0v) is 16.4. The molecule has 1 N–H and O–H groups in total. The van der Waals surface area contributed by atoms with Crippen molar-refractivity contribution in [1.29, 1.82) is 0 Å². The van der Waals surface area contributed by atoms with Gasteiger partial charge in [0.05, 0.1) is 33.6 Å². The first-order valence-corrected chi connectivity index (χ1v) is 8.40. The maximum Gasteiger partial charge on any atom is 0.251 e. The van der Waals surface area contributed by atoms with Crippen molar-refractivity contribution in [2.75, 3.05) is 27.9 Å². The number of benzene rings is 1. The van der Waals surface area contributed by atoms with Crippen LogP contribution in [-0.2, 0) is 9.53 Å². The van der Waals surface area contributed by atoms with Gasteiger partial charge in [-0.2, -0.15) is 0 Å². The molecule has 0 heterocycles. The summed E-state index contributed by atoms with van der Waals surface area (Å²) in [6.07, 6.45) is 1.96. The van der Waals surface area contributed by atoms with E-state index >= 15 is 0 Å². The summed E-state index contributed by atoms with van der Waals surface area (Å²) in [7, 11) is 4.53. The van der Waals surface area contributed by atoms with Gasteiger partial charge in [-0.3, -0.25) is 9.59 Å². The van der Waals surface area contributed by atoms with Crippen LogP contribution in [0, 0.1) is 0 Å². The maximum absolute atomic E-state index is 12.4. The molecule has 0 aliphatic carbocycles. The van der Waals surface area contributed by atoms with Gasteiger partial charge in [-0.05, 0) is 37.6 Å². The second-order valence-corrected chi connectivity index (χ2v) is 5.44. The summed E-state index contributed by atoms with van der Waals surface area (Å²) in [5.41, 5.74) is 1.16. The largest absolute Gasteiger partial charge is 0.500 e. The van der Waals surface area contributed by atoms with Gasteiger partial charge < -0.3 is 19.5 Å². The minimum atomic E-state index is -0.410. The van der Waals surface area contributed by atoms with Crippen LogP contribution < -0.4 is 14.8 Å². The SMILES string of the molecule is C=CC(=N/C(CC)=C(\C)OC)C(=O)CNC(=O)c1ccc(OC)c(OC)c1. The summed E-state index contributed by atoms with van der Waals surface area (Å²) >= 11 is 0. The van der Waals surface area contributed by atoms with Crippen LogP contribution in [-0.4, -0.2) is 45.3 Å². The normalized spacial score (nSPS) is 12.0. The Morgan fingerprint density at radius 2 is 1.85 bits per heavy atom. The fraction of sp³-hybridized carbons (Fsp3) is 0.350. The van der Waals surface area contributed by atoms with Gasteiger partial charge >= 0.3 is 0 Å². The van der Waals surface area contributed by atoms with Crippen molar-refractivity contribution in [3.8, 4) is 11.5 Å². The number of Topliss-reactive ketones (excluding diaryl/α,β-unsaturated/α-hetero) is 1. The number of methoxy groups -OCH3 is 3. The lowest BCUT2D eigenvalue weighted by atomic mass is 10.1. The molecular weight excluding hydrogens is 348 g/mol. The predicted octanol–water partition coefficient (Wildman–Crippen LogP) is 2.92. The second-order valence-electron chi connectivity index (χ2n) is 5.44. The summed E-state index contributed by atoms with van der Waals surface area (Å²) < 4.78 is 15.5. The number of carbonyl (C=O) groups is 2. The second kappa shape index (κ2) is 10.8. The predicted molar refractivity (Wildman–Crippen MR) is 105 cm³/mol. The van der Waals surface area contributed by atoms with E-state index in [0.717, 1.165) is 0 Å². The summed E-state index contributed by atoms with van der Waals surface area (Å²) in [6.45, 7) is 7.09. The first kappa shape index (κ1) is 22.0. The molecule has 1 aromatic rings.